The van der Waals surface area contributed by atoms with Crippen LogP contribution in [0.15, 0.2) is 29.6 Å². The fraction of sp³-hybridized carbons (Fsp3) is 0.629. The lowest BCUT2D eigenvalue weighted by Gasteiger charge is -2.39. The Kier molecular flexibility index (Phi) is 27.9. The van der Waals surface area contributed by atoms with Crippen molar-refractivity contribution in [3.63, 3.8) is 0 Å². The number of unbranched alkanes of at least 4 members (excludes halogenated alkanes) is 1. The third kappa shape index (κ3) is 22.9. The van der Waals surface area contributed by atoms with Crippen molar-refractivity contribution < 1.29 is 67.4 Å². The van der Waals surface area contributed by atoms with Crippen molar-refractivity contribution in [1.82, 2.24) is 46.8 Å². The van der Waals surface area contributed by atoms with Gasteiger partial charge in [-0.1, -0.05) is 52.7 Å². The van der Waals surface area contributed by atoms with Crippen molar-refractivity contribution in [2.75, 3.05) is 58.3 Å². The molecule has 25 heteroatoms. The molecule has 2 fully saturated rings. The maximum absolute atomic E-state index is 14.9. The summed E-state index contributed by atoms with van der Waals surface area (Å²) in [7, 11) is 1.90. The van der Waals surface area contributed by atoms with Crippen LogP contribution < -0.4 is 37.2 Å². The highest BCUT2D eigenvalue weighted by atomic mass is 32.1. The van der Waals surface area contributed by atoms with Crippen molar-refractivity contribution in [3.05, 3.63) is 45.9 Å². The molecule has 2 aromatic rings. The maximum atomic E-state index is 14.9. The molecule has 2 unspecified atom stereocenters. The van der Waals surface area contributed by atoms with E-state index in [0.29, 0.717) is 54.7 Å². The SMILES string of the molecule is C#CCCCON(C(=O)[C@@H](NC(=O)[C@H]1CCCCN1C)[C@@H](C)CC)[C@H](C[C@@H](OC(C)=O)c1nc(C(=O)N[C@@H](Cc2ccc(NC(=O)CNC(=O)CNC(=O)CNC(=O)CNC(=O)OCC3C4CCC#CCCC43)cc2)CC(C)(C)C(=O)O)cs1)C(C)C. The zero-order valence-electron chi connectivity index (χ0n) is 51.4. The van der Waals surface area contributed by atoms with Crippen LogP contribution in [0.4, 0.5) is 10.5 Å². The molecule has 8 atom stereocenters. The van der Waals surface area contributed by atoms with Gasteiger partial charge in [0, 0.05) is 49.7 Å². The number of benzene rings is 1. The van der Waals surface area contributed by atoms with E-state index in [0.717, 1.165) is 56.4 Å². The van der Waals surface area contributed by atoms with Crippen LogP contribution in [0.3, 0.4) is 0 Å². The van der Waals surface area contributed by atoms with Gasteiger partial charge in [-0.15, -0.1) is 35.5 Å². The van der Waals surface area contributed by atoms with E-state index in [4.69, 9.17) is 20.7 Å². The number of carboxylic acids is 1. The average Bonchev–Trinajstić information content (AvgIpc) is 4.05. The number of amides is 8. The van der Waals surface area contributed by atoms with Gasteiger partial charge in [0.05, 0.1) is 50.3 Å². The first kappa shape index (κ1) is 70.2. The number of carbonyl (C=O) groups is 10. The number of hydroxylamine groups is 2. The molecule has 24 nitrogen and oxygen atoms in total. The van der Waals surface area contributed by atoms with Gasteiger partial charge >= 0.3 is 18.0 Å². The minimum Gasteiger partial charge on any atom is -0.481 e. The van der Waals surface area contributed by atoms with E-state index >= 15 is 0 Å². The van der Waals surface area contributed by atoms with E-state index in [9.17, 15) is 53.1 Å². The standard InChI is InChI=1S/C62H88N10O14S/c1-10-12-19-28-85-72(59(80)55(39(5)11-2)70-57(79)48-22-17-18-27-71(48)9)49(38(3)4)30-50(86-40(6)73)58-69-47(37-87-58)56(78)68-43(31-62(7,8)60(81)82)29-41-23-25-42(26-24-41)67-54(77)35-65-52(75)33-63-51(74)32-64-53(76)34-66-61(83)84-36-46-44-20-15-13-14-16-21-45(44)46/h1,23-26,37-39,43-46,48-50,55H,11-12,15-22,27-36H2,2-9H3,(H,63,74)(H,64,76)(H,65,75)(H,66,83)(H,67,77)(H,68,78)(H,70,79)(H,81,82)/t39-,43-,44?,45?,46?,48+,49+,50+,55-/m0/s1. The van der Waals surface area contributed by atoms with Crippen LogP contribution in [-0.4, -0.2) is 157 Å². The van der Waals surface area contributed by atoms with Crippen molar-refractivity contribution in [1.29, 1.82) is 0 Å². The van der Waals surface area contributed by atoms with Gasteiger partial charge < -0.3 is 51.8 Å². The number of esters is 1. The van der Waals surface area contributed by atoms with Gasteiger partial charge in [-0.05, 0) is 120 Å². The number of thiazole rings is 1. The van der Waals surface area contributed by atoms with E-state index in [2.05, 4.69) is 60.0 Å². The Bertz CT molecular complexity index is 2810. The van der Waals surface area contributed by atoms with Crippen LogP contribution in [0, 0.1) is 59.2 Å². The van der Waals surface area contributed by atoms with E-state index in [1.165, 1.54) is 31.2 Å². The molecule has 87 heavy (non-hydrogen) atoms. The van der Waals surface area contributed by atoms with Crippen LogP contribution in [0.5, 0.6) is 0 Å². The van der Waals surface area contributed by atoms with Crippen LogP contribution in [0.2, 0.25) is 0 Å². The number of aromatic nitrogens is 1. The molecular formula is C62H88N10O14S. The number of nitrogens with one attached hydrogen (secondary N) is 7. The number of hydrogen-bond donors (Lipinski definition) is 8. The average molecular weight is 1230 g/mol. The third-order valence-electron chi connectivity index (χ3n) is 16.0. The number of ether oxygens (including phenoxy) is 2. The Balaban J connectivity index is 1.14. The van der Waals surface area contributed by atoms with Gasteiger partial charge in [-0.3, -0.25) is 52.9 Å². The lowest BCUT2D eigenvalue weighted by molar-refractivity contribution is -0.213. The number of piperidine rings is 1. The number of likely N-dealkylation sites (tertiary alicyclic amines) is 1. The Hall–Kier alpha value is -7.61. The molecule has 476 valence electrons. The number of anilines is 1. The molecule has 5 rings (SSSR count). The number of carboxylic acid groups (broad SMARTS) is 1. The summed E-state index contributed by atoms with van der Waals surface area (Å²) in [6, 6.07) is 3.74. The fourth-order valence-corrected chi connectivity index (χ4v) is 11.5. The monoisotopic (exact) mass is 1230 g/mol. The van der Waals surface area contributed by atoms with Crippen LogP contribution in [0.25, 0.3) is 0 Å². The summed E-state index contributed by atoms with van der Waals surface area (Å²) in [5, 5.41) is 31.3. The smallest absolute Gasteiger partial charge is 0.407 e. The lowest BCUT2D eigenvalue weighted by Crippen LogP contribution is -2.58. The maximum Gasteiger partial charge on any atom is 0.407 e. The zero-order chi connectivity index (χ0) is 63.8. The summed E-state index contributed by atoms with van der Waals surface area (Å²) in [5.74, 6) is 3.92. The molecule has 8 N–H and O–H groups in total. The summed E-state index contributed by atoms with van der Waals surface area (Å²) >= 11 is 1.07. The Labute approximate surface area is 514 Å². The van der Waals surface area contributed by atoms with Crippen LogP contribution in [-0.2, 0) is 59.1 Å². The molecule has 2 heterocycles. The number of carbonyl (C=O) groups excluding carboxylic acids is 9. The fourth-order valence-electron chi connectivity index (χ4n) is 10.7. The number of rotatable bonds is 33. The molecule has 3 aliphatic rings. The number of aliphatic carboxylic acids is 1. The number of terminal acetylenes is 1. The molecule has 8 amide bonds. The molecule has 0 bridgehead atoms. The van der Waals surface area contributed by atoms with E-state index in [1.807, 2.05) is 39.6 Å². The zero-order valence-corrected chi connectivity index (χ0v) is 52.2. The van der Waals surface area contributed by atoms with Crippen molar-refractivity contribution in [2.45, 2.75) is 162 Å². The van der Waals surface area contributed by atoms with Gasteiger partial charge in [0.1, 0.15) is 23.3 Å². The predicted octanol–water partition coefficient (Wildman–Crippen LogP) is 4.65. The van der Waals surface area contributed by atoms with E-state index < -0.39 is 115 Å². The first-order valence-corrected chi connectivity index (χ1v) is 30.9. The Morgan fingerprint density at radius 3 is 2.07 bits per heavy atom. The molecule has 0 radical (unpaired) electrons. The number of alkyl carbamates (subject to hydrolysis) is 1. The molecule has 1 aromatic heterocycles. The minimum absolute atomic E-state index is 0.00111. The third-order valence-corrected chi connectivity index (χ3v) is 16.9. The largest absolute Gasteiger partial charge is 0.481 e. The van der Waals surface area contributed by atoms with Gasteiger partial charge in [0.15, 0.2) is 6.10 Å². The topological polar surface area (TPSA) is 322 Å². The highest BCUT2D eigenvalue weighted by Gasteiger charge is 2.49. The van der Waals surface area contributed by atoms with E-state index in [-0.39, 0.29) is 60.9 Å². The Morgan fingerprint density at radius 1 is 0.874 bits per heavy atom. The van der Waals surface area contributed by atoms with E-state index in [1.54, 1.807) is 24.3 Å². The van der Waals surface area contributed by atoms with Gasteiger partial charge in [-0.2, -0.15) is 0 Å². The molecule has 2 aliphatic carbocycles. The van der Waals surface area contributed by atoms with Crippen molar-refractivity contribution in [2.24, 2.45) is 35.0 Å². The van der Waals surface area contributed by atoms with Crippen molar-refractivity contribution >= 4 is 76.4 Å². The second kappa shape index (κ2) is 34.7. The summed E-state index contributed by atoms with van der Waals surface area (Å²) < 4.78 is 11.2. The lowest BCUT2D eigenvalue weighted by atomic mass is 9.84. The molecule has 1 saturated heterocycles. The molecule has 1 aliphatic heterocycles. The summed E-state index contributed by atoms with van der Waals surface area (Å²) in [5.41, 5.74) is -0.277. The second-order valence-electron chi connectivity index (χ2n) is 23.6. The minimum atomic E-state index is -1.29. The van der Waals surface area contributed by atoms with Crippen LogP contribution >= 0.6 is 11.3 Å². The molecule has 0 spiro atoms. The molecule has 1 saturated carbocycles. The quantitative estimate of drug-likeness (QED) is 0.0209. The normalized spacial score (nSPS) is 18.9. The van der Waals surface area contributed by atoms with Gasteiger partial charge in [0.2, 0.25) is 29.5 Å². The second-order valence-corrected chi connectivity index (χ2v) is 24.5. The molecule has 1 aromatic carbocycles. The number of hydrogen-bond acceptors (Lipinski definition) is 16. The number of fused-ring (bicyclic) bond motifs is 1. The number of nitrogens with zero attached hydrogens (tertiary/aromatic N) is 3. The predicted molar refractivity (Wildman–Crippen MR) is 324 cm³/mol. The summed E-state index contributed by atoms with van der Waals surface area (Å²) in [6.07, 6.45) is 11.5. The highest BCUT2D eigenvalue weighted by Crippen LogP contribution is 2.52. The number of likely N-dealkylation sites (N-methyl/N-ethyl adjacent to an activating group) is 1. The summed E-state index contributed by atoms with van der Waals surface area (Å²) in [6.45, 7) is 11.2. The van der Waals surface area contributed by atoms with Crippen LogP contribution in [0.1, 0.15) is 153 Å². The Morgan fingerprint density at radius 2 is 1.49 bits per heavy atom. The molecular weight excluding hydrogens is 1140 g/mol. The summed E-state index contributed by atoms with van der Waals surface area (Å²) in [4.78, 5) is 143. The first-order valence-electron chi connectivity index (χ1n) is 30.0. The first-order chi connectivity index (χ1) is 41.4. The van der Waals surface area contributed by atoms with Gasteiger partial charge in [0.25, 0.3) is 11.8 Å². The van der Waals surface area contributed by atoms with Crippen molar-refractivity contribution in [3.8, 4) is 24.2 Å². The van der Waals surface area contributed by atoms with Gasteiger partial charge in [-0.25, -0.2) is 14.8 Å². The highest BCUT2D eigenvalue weighted by molar-refractivity contribution is 7.09.